The van der Waals surface area contributed by atoms with Crippen molar-refractivity contribution in [1.29, 1.82) is 0 Å². The van der Waals surface area contributed by atoms with E-state index in [9.17, 15) is 10.1 Å². The first-order valence-corrected chi connectivity index (χ1v) is 6.85. The SMILES string of the molecule is CNc1cccc(NCC2(C3CC3)CC2)c1[N+](=O)[O-]. The fourth-order valence-electron chi connectivity index (χ4n) is 2.94. The summed E-state index contributed by atoms with van der Waals surface area (Å²) in [4.78, 5) is 10.9. The Bertz CT molecular complexity index is 507. The van der Waals surface area contributed by atoms with E-state index in [2.05, 4.69) is 10.6 Å². The van der Waals surface area contributed by atoms with Crippen molar-refractivity contribution in [3.63, 3.8) is 0 Å². The van der Waals surface area contributed by atoms with Crippen molar-refractivity contribution in [3.05, 3.63) is 28.3 Å². The summed E-state index contributed by atoms with van der Waals surface area (Å²) >= 11 is 0. The number of nitrogens with one attached hydrogen (secondary N) is 2. The van der Waals surface area contributed by atoms with Crippen molar-refractivity contribution in [2.75, 3.05) is 24.2 Å². The quantitative estimate of drug-likeness (QED) is 0.609. The molecular weight excluding hydrogens is 242 g/mol. The van der Waals surface area contributed by atoms with Gasteiger partial charge in [-0.1, -0.05) is 6.07 Å². The number of para-hydroxylation sites is 1. The lowest BCUT2D eigenvalue weighted by Crippen LogP contribution is -2.18. The van der Waals surface area contributed by atoms with E-state index < -0.39 is 0 Å². The minimum Gasteiger partial charge on any atom is -0.382 e. The van der Waals surface area contributed by atoms with E-state index in [-0.39, 0.29) is 10.6 Å². The fourth-order valence-corrected chi connectivity index (χ4v) is 2.94. The summed E-state index contributed by atoms with van der Waals surface area (Å²) in [6, 6.07) is 5.37. The van der Waals surface area contributed by atoms with Crippen molar-refractivity contribution in [2.24, 2.45) is 11.3 Å². The predicted molar refractivity (Wildman–Crippen MR) is 75.5 cm³/mol. The zero-order valence-corrected chi connectivity index (χ0v) is 11.1. The smallest absolute Gasteiger partial charge is 0.315 e. The van der Waals surface area contributed by atoms with Gasteiger partial charge in [-0.05, 0) is 49.1 Å². The molecule has 0 saturated heterocycles. The van der Waals surface area contributed by atoms with Crippen LogP contribution in [0.25, 0.3) is 0 Å². The highest BCUT2D eigenvalue weighted by atomic mass is 16.6. The molecule has 5 heteroatoms. The Hall–Kier alpha value is -1.78. The molecule has 0 aliphatic heterocycles. The Morgan fingerprint density at radius 2 is 2.05 bits per heavy atom. The van der Waals surface area contributed by atoms with Crippen molar-refractivity contribution in [2.45, 2.75) is 25.7 Å². The van der Waals surface area contributed by atoms with E-state index >= 15 is 0 Å². The summed E-state index contributed by atoms with van der Waals surface area (Å²) in [6.07, 6.45) is 5.20. The lowest BCUT2D eigenvalue weighted by molar-refractivity contribution is -0.383. The van der Waals surface area contributed by atoms with E-state index in [4.69, 9.17) is 0 Å². The Labute approximate surface area is 112 Å². The largest absolute Gasteiger partial charge is 0.382 e. The third-order valence-corrected chi connectivity index (χ3v) is 4.45. The number of nitrogens with zero attached hydrogens (tertiary/aromatic N) is 1. The molecule has 2 aliphatic carbocycles. The van der Waals surface area contributed by atoms with Crippen LogP contribution in [-0.4, -0.2) is 18.5 Å². The predicted octanol–water partition coefficient (Wildman–Crippen LogP) is 3.24. The van der Waals surface area contributed by atoms with Gasteiger partial charge in [-0.2, -0.15) is 0 Å². The van der Waals surface area contributed by atoms with E-state index in [0.29, 0.717) is 16.8 Å². The van der Waals surface area contributed by atoms with Gasteiger partial charge >= 0.3 is 5.69 Å². The molecule has 1 aromatic rings. The summed E-state index contributed by atoms with van der Waals surface area (Å²) in [5.41, 5.74) is 1.77. The van der Waals surface area contributed by atoms with Gasteiger partial charge in [0.2, 0.25) is 0 Å². The summed E-state index contributed by atoms with van der Waals surface area (Å²) in [6.45, 7) is 0.867. The molecule has 0 spiro atoms. The molecule has 19 heavy (non-hydrogen) atoms. The number of nitro benzene ring substituents is 1. The van der Waals surface area contributed by atoms with E-state index in [1.54, 1.807) is 19.2 Å². The second-order valence-electron chi connectivity index (χ2n) is 5.70. The van der Waals surface area contributed by atoms with Gasteiger partial charge < -0.3 is 10.6 Å². The number of rotatable bonds is 6. The molecule has 0 bridgehead atoms. The third kappa shape index (κ3) is 2.25. The Morgan fingerprint density at radius 3 is 2.58 bits per heavy atom. The maximum Gasteiger partial charge on any atom is 0.315 e. The second kappa shape index (κ2) is 4.40. The minimum atomic E-state index is -0.315. The normalized spacial score (nSPS) is 19.8. The number of hydrogen-bond donors (Lipinski definition) is 2. The van der Waals surface area contributed by atoms with Crippen LogP contribution in [0.15, 0.2) is 18.2 Å². The van der Waals surface area contributed by atoms with Gasteiger partial charge in [0.1, 0.15) is 11.4 Å². The molecule has 1 aromatic carbocycles. The van der Waals surface area contributed by atoms with Crippen LogP contribution in [0, 0.1) is 21.4 Å². The molecule has 0 atom stereocenters. The van der Waals surface area contributed by atoms with Crippen LogP contribution in [0.1, 0.15) is 25.7 Å². The summed E-state index contributed by atoms with van der Waals surface area (Å²) < 4.78 is 0. The average Bonchev–Trinajstić information content (AvgIpc) is 3.27. The molecule has 5 nitrogen and oxygen atoms in total. The van der Waals surface area contributed by atoms with Gasteiger partial charge in [-0.3, -0.25) is 10.1 Å². The maximum atomic E-state index is 11.2. The van der Waals surface area contributed by atoms with Crippen LogP contribution in [0.3, 0.4) is 0 Å². The highest BCUT2D eigenvalue weighted by Crippen LogP contribution is 2.61. The molecular formula is C14H19N3O2. The van der Waals surface area contributed by atoms with Crippen molar-refractivity contribution in [1.82, 2.24) is 0 Å². The van der Waals surface area contributed by atoms with Gasteiger partial charge in [0.05, 0.1) is 4.92 Å². The van der Waals surface area contributed by atoms with Crippen LogP contribution in [0.2, 0.25) is 0 Å². The third-order valence-electron chi connectivity index (χ3n) is 4.45. The molecule has 0 radical (unpaired) electrons. The van der Waals surface area contributed by atoms with E-state index in [0.717, 1.165) is 12.5 Å². The van der Waals surface area contributed by atoms with Gasteiger partial charge in [-0.25, -0.2) is 0 Å². The Morgan fingerprint density at radius 1 is 1.37 bits per heavy atom. The summed E-state index contributed by atoms with van der Waals surface area (Å²) in [5.74, 6) is 0.853. The van der Waals surface area contributed by atoms with Crippen LogP contribution in [0.4, 0.5) is 17.1 Å². The zero-order valence-electron chi connectivity index (χ0n) is 11.1. The number of benzene rings is 1. The lowest BCUT2D eigenvalue weighted by atomic mass is 10.0. The first-order chi connectivity index (χ1) is 9.16. The van der Waals surface area contributed by atoms with Crippen molar-refractivity contribution < 1.29 is 4.92 Å². The molecule has 2 saturated carbocycles. The molecule has 0 unspecified atom stereocenters. The van der Waals surface area contributed by atoms with Gasteiger partial charge in [0, 0.05) is 13.6 Å². The van der Waals surface area contributed by atoms with Crippen molar-refractivity contribution in [3.8, 4) is 0 Å². The summed E-state index contributed by atoms with van der Waals surface area (Å²) in [7, 11) is 1.71. The van der Waals surface area contributed by atoms with Gasteiger partial charge in [0.15, 0.2) is 0 Å². The molecule has 0 aromatic heterocycles. The van der Waals surface area contributed by atoms with Gasteiger partial charge in [-0.15, -0.1) is 0 Å². The Balaban J connectivity index is 1.78. The lowest BCUT2D eigenvalue weighted by Gasteiger charge is -2.16. The molecule has 2 fully saturated rings. The molecule has 2 aliphatic rings. The van der Waals surface area contributed by atoms with Crippen LogP contribution in [-0.2, 0) is 0 Å². The zero-order chi connectivity index (χ0) is 13.5. The van der Waals surface area contributed by atoms with Crippen LogP contribution >= 0.6 is 0 Å². The monoisotopic (exact) mass is 261 g/mol. The highest BCUT2D eigenvalue weighted by molar-refractivity contribution is 5.76. The van der Waals surface area contributed by atoms with Crippen LogP contribution in [0.5, 0.6) is 0 Å². The first-order valence-electron chi connectivity index (χ1n) is 6.85. The number of anilines is 2. The first kappa shape index (κ1) is 12.3. The molecule has 0 amide bonds. The fraction of sp³-hybridized carbons (Fsp3) is 0.571. The minimum absolute atomic E-state index is 0.150. The molecule has 3 rings (SSSR count). The van der Waals surface area contributed by atoms with Gasteiger partial charge in [0.25, 0.3) is 0 Å². The standard InChI is InChI=1S/C14H19N3O2/c1-15-11-3-2-4-12(13(11)17(18)19)16-9-14(7-8-14)10-5-6-10/h2-4,10,15-16H,5-9H2,1H3. The molecule has 2 N–H and O–H groups in total. The molecule has 0 heterocycles. The van der Waals surface area contributed by atoms with E-state index in [1.165, 1.54) is 25.7 Å². The maximum absolute atomic E-state index is 11.2. The highest BCUT2D eigenvalue weighted by Gasteiger charge is 2.53. The second-order valence-corrected chi connectivity index (χ2v) is 5.70. The topological polar surface area (TPSA) is 67.2 Å². The van der Waals surface area contributed by atoms with E-state index in [1.807, 2.05) is 6.07 Å². The number of hydrogen-bond acceptors (Lipinski definition) is 4. The Kier molecular flexibility index (Phi) is 2.84. The molecule has 102 valence electrons. The summed E-state index contributed by atoms with van der Waals surface area (Å²) in [5, 5.41) is 17.4. The van der Waals surface area contributed by atoms with Crippen molar-refractivity contribution >= 4 is 17.1 Å². The average molecular weight is 261 g/mol. The number of nitro groups is 1. The van der Waals surface area contributed by atoms with Crippen LogP contribution < -0.4 is 10.6 Å².